The van der Waals surface area contributed by atoms with Gasteiger partial charge in [-0.3, -0.25) is 0 Å². The van der Waals surface area contributed by atoms with Gasteiger partial charge in [-0.1, -0.05) is 31.9 Å². The van der Waals surface area contributed by atoms with Gasteiger partial charge in [-0.05, 0) is 18.7 Å². The van der Waals surface area contributed by atoms with Crippen LogP contribution in [0.4, 0.5) is 17.3 Å². The van der Waals surface area contributed by atoms with E-state index in [2.05, 4.69) is 36.3 Å². The number of hydrogen-bond donors (Lipinski definition) is 0. The quantitative estimate of drug-likeness (QED) is 0.408. The Bertz CT molecular complexity index is 219. The molecule has 0 aliphatic carbocycles. The summed E-state index contributed by atoms with van der Waals surface area (Å²) in [6, 6.07) is 0. The predicted molar refractivity (Wildman–Crippen MR) is 59.6 cm³/mol. The van der Waals surface area contributed by atoms with E-state index in [-0.39, 0.29) is 0 Å². The van der Waals surface area contributed by atoms with Crippen molar-refractivity contribution in [2.75, 3.05) is 13.1 Å². The molecular weight excluding hydrogens is 221 g/mol. The fourth-order valence-corrected chi connectivity index (χ4v) is 1.24. The molecule has 94 valence electrons. The van der Waals surface area contributed by atoms with E-state index >= 15 is 0 Å². The maximum atomic E-state index is 9.75. The van der Waals surface area contributed by atoms with Crippen molar-refractivity contribution in [2.45, 2.75) is 26.2 Å². The standard InChI is InChI=1S/C10H17N.BF4/c1-2-3-5-8-11-9-6-4-7-10-11;2-1(3,4)5/h4,6-7,9H,2-3,5,8,10H2,1H3;/q;-1. The molecule has 0 unspecified atom stereocenters. The minimum atomic E-state index is -6.00. The number of allylic oxidation sites excluding steroid dienone is 2. The van der Waals surface area contributed by atoms with Crippen molar-refractivity contribution in [1.29, 1.82) is 0 Å². The minimum absolute atomic E-state index is 1.10. The number of rotatable bonds is 4. The molecule has 0 saturated carbocycles. The molecule has 16 heavy (non-hydrogen) atoms. The Morgan fingerprint density at radius 2 is 1.75 bits per heavy atom. The third-order valence-corrected chi connectivity index (χ3v) is 1.93. The molecule has 1 aliphatic heterocycles. The van der Waals surface area contributed by atoms with E-state index in [1.807, 2.05) is 0 Å². The van der Waals surface area contributed by atoms with Gasteiger partial charge in [0.25, 0.3) is 0 Å². The Morgan fingerprint density at radius 3 is 2.19 bits per heavy atom. The van der Waals surface area contributed by atoms with E-state index in [1.54, 1.807) is 0 Å². The second-order valence-electron chi connectivity index (χ2n) is 3.47. The first-order chi connectivity index (χ1) is 7.43. The smallest absolute Gasteiger partial charge is 0.418 e. The molecule has 0 fully saturated rings. The zero-order valence-corrected chi connectivity index (χ0v) is 9.38. The Kier molecular flexibility index (Phi) is 7.76. The second kappa shape index (κ2) is 8.24. The van der Waals surface area contributed by atoms with Crippen LogP contribution in [0.2, 0.25) is 0 Å². The van der Waals surface area contributed by atoms with E-state index in [4.69, 9.17) is 0 Å². The van der Waals surface area contributed by atoms with Crippen LogP contribution in [-0.4, -0.2) is 25.2 Å². The molecular formula is C10H17BF4N-. The lowest BCUT2D eigenvalue weighted by Gasteiger charge is -2.19. The summed E-state index contributed by atoms with van der Waals surface area (Å²) < 4.78 is 39.0. The highest BCUT2D eigenvalue weighted by molar-refractivity contribution is 6.50. The van der Waals surface area contributed by atoms with Gasteiger partial charge in [0.05, 0.1) is 0 Å². The highest BCUT2D eigenvalue weighted by Crippen LogP contribution is 2.06. The van der Waals surface area contributed by atoms with Crippen LogP contribution in [0, 0.1) is 0 Å². The first-order valence-corrected chi connectivity index (χ1v) is 5.38. The van der Waals surface area contributed by atoms with Crippen molar-refractivity contribution in [1.82, 2.24) is 4.90 Å². The third kappa shape index (κ3) is 13.1. The molecule has 0 saturated heterocycles. The summed E-state index contributed by atoms with van der Waals surface area (Å²) in [5, 5.41) is 0. The van der Waals surface area contributed by atoms with Crippen LogP contribution in [0.15, 0.2) is 24.4 Å². The van der Waals surface area contributed by atoms with Crippen LogP contribution in [0.5, 0.6) is 0 Å². The van der Waals surface area contributed by atoms with Gasteiger partial charge in [-0.25, -0.2) is 0 Å². The summed E-state index contributed by atoms with van der Waals surface area (Å²) >= 11 is 0. The highest BCUT2D eigenvalue weighted by Gasteiger charge is 2.20. The van der Waals surface area contributed by atoms with Crippen molar-refractivity contribution in [3.8, 4) is 0 Å². The van der Waals surface area contributed by atoms with Gasteiger partial charge >= 0.3 is 7.25 Å². The number of hydrogen-bond acceptors (Lipinski definition) is 1. The average Bonchev–Trinajstić information content (AvgIpc) is 2.17. The molecule has 0 aromatic carbocycles. The van der Waals surface area contributed by atoms with E-state index in [0.29, 0.717) is 0 Å². The van der Waals surface area contributed by atoms with E-state index in [1.165, 1.54) is 25.8 Å². The fourth-order valence-electron chi connectivity index (χ4n) is 1.24. The monoisotopic (exact) mass is 238 g/mol. The second-order valence-corrected chi connectivity index (χ2v) is 3.47. The molecule has 1 nitrogen and oxygen atoms in total. The van der Waals surface area contributed by atoms with Gasteiger partial charge in [0.1, 0.15) is 0 Å². The molecule has 0 aromatic rings. The summed E-state index contributed by atoms with van der Waals surface area (Å²) in [5.74, 6) is 0. The van der Waals surface area contributed by atoms with Gasteiger partial charge < -0.3 is 22.2 Å². The number of halogens is 4. The molecule has 0 bridgehead atoms. The molecule has 0 N–H and O–H groups in total. The lowest BCUT2D eigenvalue weighted by atomic mass is 10.2. The first kappa shape index (κ1) is 15.1. The topological polar surface area (TPSA) is 3.24 Å². The minimum Gasteiger partial charge on any atom is -0.418 e. The molecule has 0 radical (unpaired) electrons. The van der Waals surface area contributed by atoms with Gasteiger partial charge in [0, 0.05) is 13.1 Å². The van der Waals surface area contributed by atoms with Crippen LogP contribution in [0.1, 0.15) is 26.2 Å². The predicted octanol–water partition coefficient (Wildman–Crippen LogP) is 3.86. The average molecular weight is 238 g/mol. The fraction of sp³-hybridized carbons (Fsp3) is 0.600. The summed E-state index contributed by atoms with van der Waals surface area (Å²) in [6.45, 7) is 4.56. The lowest BCUT2D eigenvalue weighted by Crippen LogP contribution is -2.19. The van der Waals surface area contributed by atoms with Crippen LogP contribution in [0.25, 0.3) is 0 Å². The SMILES string of the molecule is CCCCCN1C=CC=CC1.F[B-](F)(F)F. The number of unbranched alkanes of at least 4 members (excludes halogenated alkanes) is 2. The first-order valence-electron chi connectivity index (χ1n) is 5.38. The summed E-state index contributed by atoms with van der Waals surface area (Å²) in [6.07, 6.45) is 12.6. The molecule has 0 aromatic heterocycles. The van der Waals surface area contributed by atoms with Crippen LogP contribution in [-0.2, 0) is 0 Å². The molecule has 6 heteroatoms. The summed E-state index contributed by atoms with van der Waals surface area (Å²) in [5.41, 5.74) is 0. The zero-order valence-electron chi connectivity index (χ0n) is 9.38. The largest absolute Gasteiger partial charge is 0.673 e. The van der Waals surface area contributed by atoms with Gasteiger partial charge in [-0.15, -0.1) is 0 Å². The summed E-state index contributed by atoms with van der Waals surface area (Å²) in [4.78, 5) is 2.36. The molecule has 1 rings (SSSR count). The van der Waals surface area contributed by atoms with Crippen LogP contribution < -0.4 is 0 Å². The van der Waals surface area contributed by atoms with Gasteiger partial charge in [-0.2, -0.15) is 0 Å². The highest BCUT2D eigenvalue weighted by atomic mass is 19.5. The normalized spacial score (nSPS) is 14.7. The van der Waals surface area contributed by atoms with E-state index in [0.717, 1.165) is 6.54 Å². The maximum absolute atomic E-state index is 9.75. The molecule has 1 heterocycles. The third-order valence-electron chi connectivity index (χ3n) is 1.93. The van der Waals surface area contributed by atoms with E-state index in [9.17, 15) is 17.3 Å². The van der Waals surface area contributed by atoms with Crippen LogP contribution >= 0.6 is 0 Å². The zero-order chi connectivity index (χ0) is 12.4. The Morgan fingerprint density at radius 1 is 1.12 bits per heavy atom. The summed E-state index contributed by atoms with van der Waals surface area (Å²) in [7, 11) is -6.00. The van der Waals surface area contributed by atoms with Crippen molar-refractivity contribution in [3.63, 3.8) is 0 Å². The molecule has 0 spiro atoms. The van der Waals surface area contributed by atoms with Gasteiger partial charge in [0.2, 0.25) is 0 Å². The van der Waals surface area contributed by atoms with Gasteiger partial charge in [0.15, 0.2) is 0 Å². The van der Waals surface area contributed by atoms with Crippen LogP contribution in [0.3, 0.4) is 0 Å². The molecule has 0 atom stereocenters. The van der Waals surface area contributed by atoms with Crippen molar-refractivity contribution in [3.05, 3.63) is 24.4 Å². The Balaban J connectivity index is 0.000000385. The van der Waals surface area contributed by atoms with Crippen molar-refractivity contribution < 1.29 is 17.3 Å². The maximum Gasteiger partial charge on any atom is 0.673 e. The van der Waals surface area contributed by atoms with Crippen molar-refractivity contribution in [2.24, 2.45) is 0 Å². The molecule has 1 aliphatic rings. The molecule has 0 amide bonds. The number of nitrogens with zero attached hydrogens (tertiary/aromatic N) is 1. The van der Waals surface area contributed by atoms with Crippen molar-refractivity contribution >= 4 is 7.25 Å². The van der Waals surface area contributed by atoms with E-state index < -0.39 is 7.25 Å². The Labute approximate surface area is 93.9 Å². The Hall–Kier alpha value is -0.935. The lowest BCUT2D eigenvalue weighted by molar-refractivity contribution is 0.368.